The topological polar surface area (TPSA) is 87.5 Å². The van der Waals surface area contributed by atoms with Crippen molar-refractivity contribution in [2.45, 2.75) is 38.3 Å². The lowest BCUT2D eigenvalue weighted by Gasteiger charge is -2.36. The van der Waals surface area contributed by atoms with Crippen molar-refractivity contribution in [1.82, 2.24) is 14.9 Å². The monoisotopic (exact) mass is 500 g/mol. The van der Waals surface area contributed by atoms with Crippen LogP contribution in [0.3, 0.4) is 0 Å². The van der Waals surface area contributed by atoms with Gasteiger partial charge in [0, 0.05) is 31.7 Å². The SMILES string of the molecule is Cn1c(N(Cc2ccc(C(=O)NCCC(=O)O)cc2)C2CCc3cc(F)ccc3C2)nc2ccccc21. The number of hydrogen-bond donors (Lipinski definition) is 2. The van der Waals surface area contributed by atoms with Gasteiger partial charge >= 0.3 is 5.97 Å². The van der Waals surface area contributed by atoms with Crippen LogP contribution in [0.15, 0.2) is 66.7 Å². The highest BCUT2D eigenvalue weighted by atomic mass is 19.1. The Bertz CT molecular complexity index is 1450. The summed E-state index contributed by atoms with van der Waals surface area (Å²) in [6.45, 7) is 0.683. The first-order valence-electron chi connectivity index (χ1n) is 12.4. The van der Waals surface area contributed by atoms with Gasteiger partial charge in [-0.25, -0.2) is 9.37 Å². The molecule has 1 aromatic heterocycles. The van der Waals surface area contributed by atoms with Gasteiger partial charge in [0.1, 0.15) is 5.82 Å². The van der Waals surface area contributed by atoms with Gasteiger partial charge in [-0.2, -0.15) is 0 Å². The van der Waals surface area contributed by atoms with Crippen LogP contribution in [0.2, 0.25) is 0 Å². The van der Waals surface area contributed by atoms with Crippen LogP contribution in [-0.2, 0) is 31.2 Å². The van der Waals surface area contributed by atoms with Crippen molar-refractivity contribution in [3.8, 4) is 0 Å². The van der Waals surface area contributed by atoms with Crippen molar-refractivity contribution < 1.29 is 19.1 Å². The van der Waals surface area contributed by atoms with E-state index in [1.165, 1.54) is 6.07 Å². The predicted octanol–water partition coefficient (Wildman–Crippen LogP) is 4.48. The molecule has 1 heterocycles. The zero-order chi connectivity index (χ0) is 25.9. The lowest BCUT2D eigenvalue weighted by molar-refractivity contribution is -0.136. The molecular formula is C29H29FN4O3. The Balaban J connectivity index is 1.41. The summed E-state index contributed by atoms with van der Waals surface area (Å²) in [7, 11) is 2.02. The van der Waals surface area contributed by atoms with E-state index in [1.54, 1.807) is 18.2 Å². The number of imidazole rings is 1. The van der Waals surface area contributed by atoms with Crippen molar-refractivity contribution in [3.05, 3.63) is 94.8 Å². The van der Waals surface area contributed by atoms with Gasteiger partial charge in [-0.05, 0) is 72.4 Å². The van der Waals surface area contributed by atoms with E-state index in [0.717, 1.165) is 52.9 Å². The number of para-hydroxylation sites is 2. The lowest BCUT2D eigenvalue weighted by Crippen LogP contribution is -2.40. The molecule has 1 unspecified atom stereocenters. The first kappa shape index (κ1) is 24.5. The number of carbonyl (C=O) groups is 2. The number of amides is 1. The number of halogens is 1. The number of carboxylic acids is 1. The van der Waals surface area contributed by atoms with Crippen LogP contribution in [0.25, 0.3) is 11.0 Å². The Morgan fingerprint density at radius 1 is 1.11 bits per heavy atom. The third-order valence-electron chi connectivity index (χ3n) is 7.03. The fourth-order valence-electron chi connectivity index (χ4n) is 5.07. The second-order valence-corrected chi connectivity index (χ2v) is 9.49. The molecule has 3 aromatic carbocycles. The highest BCUT2D eigenvalue weighted by Gasteiger charge is 2.28. The smallest absolute Gasteiger partial charge is 0.305 e. The Labute approximate surface area is 214 Å². The second kappa shape index (κ2) is 10.4. The molecule has 1 aliphatic carbocycles. The maximum absolute atomic E-state index is 13.8. The summed E-state index contributed by atoms with van der Waals surface area (Å²) in [6, 6.07) is 20.7. The van der Waals surface area contributed by atoms with E-state index < -0.39 is 5.97 Å². The number of fused-ring (bicyclic) bond motifs is 2. The van der Waals surface area contributed by atoms with Crippen molar-refractivity contribution in [1.29, 1.82) is 0 Å². The molecule has 8 heteroatoms. The predicted molar refractivity (Wildman–Crippen MR) is 140 cm³/mol. The van der Waals surface area contributed by atoms with Crippen LogP contribution < -0.4 is 10.2 Å². The largest absolute Gasteiger partial charge is 0.481 e. The molecule has 37 heavy (non-hydrogen) atoms. The van der Waals surface area contributed by atoms with Crippen LogP contribution in [0, 0.1) is 5.82 Å². The van der Waals surface area contributed by atoms with Crippen molar-refractivity contribution in [2.75, 3.05) is 11.4 Å². The van der Waals surface area contributed by atoms with E-state index in [1.807, 2.05) is 43.4 Å². The van der Waals surface area contributed by atoms with E-state index in [2.05, 4.69) is 20.9 Å². The number of aromatic nitrogens is 2. The minimum absolute atomic E-state index is 0.0868. The van der Waals surface area contributed by atoms with E-state index in [-0.39, 0.29) is 30.7 Å². The number of benzene rings is 3. The van der Waals surface area contributed by atoms with Gasteiger partial charge in [0.2, 0.25) is 5.95 Å². The van der Waals surface area contributed by atoms with Crippen molar-refractivity contribution in [3.63, 3.8) is 0 Å². The van der Waals surface area contributed by atoms with Crippen LogP contribution in [0.1, 0.15) is 39.9 Å². The van der Waals surface area contributed by atoms with Crippen LogP contribution >= 0.6 is 0 Å². The molecule has 0 fully saturated rings. The number of carboxylic acid groups (broad SMARTS) is 1. The molecule has 1 atom stereocenters. The molecule has 0 bridgehead atoms. The number of anilines is 1. The molecule has 4 aromatic rings. The second-order valence-electron chi connectivity index (χ2n) is 9.49. The van der Waals surface area contributed by atoms with Gasteiger partial charge < -0.3 is 19.9 Å². The van der Waals surface area contributed by atoms with E-state index in [0.29, 0.717) is 12.1 Å². The number of hydrogen-bond acceptors (Lipinski definition) is 4. The summed E-state index contributed by atoms with van der Waals surface area (Å²) >= 11 is 0. The maximum atomic E-state index is 13.8. The van der Waals surface area contributed by atoms with Crippen molar-refractivity contribution in [2.24, 2.45) is 7.05 Å². The standard InChI is InChI=1S/C29H29FN4O3/c1-33-26-5-3-2-4-25(26)32-29(33)34(24-13-11-21-16-23(30)12-10-22(21)17-24)18-19-6-8-20(9-7-19)28(37)31-15-14-27(35)36/h2-10,12,16,24H,11,13-15,17-18H2,1H3,(H,31,37)(H,35,36). The molecule has 5 rings (SSSR count). The number of aryl methyl sites for hydroxylation is 2. The fraction of sp³-hybridized carbons (Fsp3) is 0.276. The molecule has 1 amide bonds. The lowest BCUT2D eigenvalue weighted by atomic mass is 9.87. The molecule has 0 spiro atoms. The number of carbonyl (C=O) groups excluding carboxylic acids is 1. The van der Waals surface area contributed by atoms with Crippen molar-refractivity contribution >= 4 is 28.9 Å². The van der Waals surface area contributed by atoms with Gasteiger partial charge in [-0.1, -0.05) is 30.3 Å². The quantitative estimate of drug-likeness (QED) is 0.373. The summed E-state index contributed by atoms with van der Waals surface area (Å²) in [6.07, 6.45) is 2.36. The zero-order valence-electron chi connectivity index (χ0n) is 20.7. The first-order chi connectivity index (χ1) is 17.9. The number of aliphatic carboxylic acids is 1. The number of nitrogens with zero attached hydrogens (tertiary/aromatic N) is 3. The van der Waals surface area contributed by atoms with Gasteiger partial charge in [0.25, 0.3) is 5.91 Å². The Hall–Kier alpha value is -4.20. The van der Waals surface area contributed by atoms with Crippen LogP contribution in [-0.4, -0.2) is 39.1 Å². The molecule has 0 saturated heterocycles. The molecule has 7 nitrogen and oxygen atoms in total. The molecule has 0 radical (unpaired) electrons. The van der Waals surface area contributed by atoms with E-state index in [9.17, 15) is 14.0 Å². The highest BCUT2D eigenvalue weighted by Crippen LogP contribution is 2.31. The number of nitrogens with one attached hydrogen (secondary N) is 1. The molecular weight excluding hydrogens is 471 g/mol. The Morgan fingerprint density at radius 3 is 2.65 bits per heavy atom. The third-order valence-corrected chi connectivity index (χ3v) is 7.03. The molecule has 0 aliphatic heterocycles. The third kappa shape index (κ3) is 5.33. The van der Waals surface area contributed by atoms with Crippen LogP contribution in [0.4, 0.5) is 10.3 Å². The minimum Gasteiger partial charge on any atom is -0.481 e. The molecule has 0 saturated carbocycles. The van der Waals surface area contributed by atoms with Gasteiger partial charge in [0.15, 0.2) is 0 Å². The van der Waals surface area contributed by atoms with E-state index in [4.69, 9.17) is 10.1 Å². The van der Waals surface area contributed by atoms with E-state index >= 15 is 0 Å². The summed E-state index contributed by atoms with van der Waals surface area (Å²) < 4.78 is 15.9. The van der Waals surface area contributed by atoms with Gasteiger partial charge in [-0.15, -0.1) is 0 Å². The fourth-order valence-corrected chi connectivity index (χ4v) is 5.07. The molecule has 2 N–H and O–H groups in total. The van der Waals surface area contributed by atoms with Gasteiger partial charge in [0.05, 0.1) is 17.5 Å². The Kier molecular flexibility index (Phi) is 6.90. The zero-order valence-corrected chi connectivity index (χ0v) is 20.7. The normalized spacial score (nSPS) is 14.8. The average Bonchev–Trinajstić information content (AvgIpc) is 3.23. The minimum atomic E-state index is -0.951. The highest BCUT2D eigenvalue weighted by molar-refractivity contribution is 5.94. The van der Waals surface area contributed by atoms with Crippen LogP contribution in [0.5, 0.6) is 0 Å². The summed E-state index contributed by atoms with van der Waals surface area (Å²) in [4.78, 5) is 30.3. The summed E-state index contributed by atoms with van der Waals surface area (Å²) in [5.41, 5.74) is 5.72. The summed E-state index contributed by atoms with van der Waals surface area (Å²) in [5, 5.41) is 11.4. The van der Waals surface area contributed by atoms with Gasteiger partial charge in [-0.3, -0.25) is 9.59 Å². The average molecular weight is 501 g/mol. The molecule has 1 aliphatic rings. The Morgan fingerprint density at radius 2 is 1.89 bits per heavy atom. The molecule has 190 valence electrons. The maximum Gasteiger partial charge on any atom is 0.305 e. The number of rotatable bonds is 8. The first-order valence-corrected chi connectivity index (χ1v) is 12.4. The summed E-state index contributed by atoms with van der Waals surface area (Å²) in [5.74, 6) is -0.576.